The van der Waals surface area contributed by atoms with Crippen LogP contribution in [-0.2, 0) is 12.8 Å². The van der Waals surface area contributed by atoms with Gasteiger partial charge in [-0.15, -0.1) is 0 Å². The van der Waals surface area contributed by atoms with Crippen LogP contribution in [0.4, 0.5) is 24.5 Å². The van der Waals surface area contributed by atoms with Gasteiger partial charge in [0.05, 0.1) is 30.7 Å². The first-order valence-electron chi connectivity index (χ1n) is 8.82. The van der Waals surface area contributed by atoms with Gasteiger partial charge in [0.25, 0.3) is 0 Å². The Balaban J connectivity index is 1.77. The lowest BCUT2D eigenvalue weighted by atomic mass is 10.2. The molecule has 8 nitrogen and oxygen atoms in total. The van der Waals surface area contributed by atoms with Crippen molar-refractivity contribution in [1.82, 2.24) is 24.1 Å². The summed E-state index contributed by atoms with van der Waals surface area (Å²) in [6, 6.07) is 6.01. The van der Waals surface area contributed by atoms with Crippen LogP contribution in [0, 0.1) is 6.92 Å². The van der Waals surface area contributed by atoms with E-state index < -0.39 is 11.7 Å². The molecule has 11 heteroatoms. The lowest BCUT2D eigenvalue weighted by Gasteiger charge is -2.14. The second kappa shape index (κ2) is 7.34. The quantitative estimate of drug-likeness (QED) is 0.516. The number of methoxy groups -OCH3 is 1. The maximum absolute atomic E-state index is 13.3. The first kappa shape index (κ1) is 19.7. The maximum Gasteiger partial charge on any atom is 0.417 e. The molecule has 0 fully saturated rings. The smallest absolute Gasteiger partial charge is 0.417 e. The molecule has 0 aliphatic rings. The van der Waals surface area contributed by atoms with E-state index in [0.717, 1.165) is 12.3 Å². The fourth-order valence-electron chi connectivity index (χ4n) is 3.03. The van der Waals surface area contributed by atoms with E-state index in [-0.39, 0.29) is 23.6 Å². The van der Waals surface area contributed by atoms with Crippen LogP contribution in [0.5, 0.6) is 5.75 Å². The predicted octanol–water partition coefficient (Wildman–Crippen LogP) is 3.49. The predicted molar refractivity (Wildman–Crippen MR) is 102 cm³/mol. The minimum Gasteiger partial charge on any atom is -0.494 e. The summed E-state index contributed by atoms with van der Waals surface area (Å²) in [6.45, 7) is 1.37. The van der Waals surface area contributed by atoms with E-state index in [1.165, 1.54) is 24.0 Å². The highest BCUT2D eigenvalue weighted by Crippen LogP contribution is 2.34. The molecule has 0 atom stereocenters. The van der Waals surface area contributed by atoms with Gasteiger partial charge in [-0.2, -0.15) is 18.3 Å². The number of aliphatic hydroxyl groups is 1. The Kier molecular flexibility index (Phi) is 4.82. The summed E-state index contributed by atoms with van der Waals surface area (Å²) in [7, 11) is 1.48. The number of aromatic nitrogens is 5. The number of aliphatic hydroxyl groups excluding tert-OH is 1. The summed E-state index contributed by atoms with van der Waals surface area (Å²) in [5.74, 6) is 1.04. The van der Waals surface area contributed by atoms with Crippen LogP contribution in [0.15, 0.2) is 43.0 Å². The number of imidazole rings is 1. The summed E-state index contributed by atoms with van der Waals surface area (Å²) in [5.41, 5.74) is 0.911. The Bertz CT molecular complexity index is 1210. The van der Waals surface area contributed by atoms with E-state index in [1.807, 2.05) is 0 Å². The first-order valence-corrected chi connectivity index (χ1v) is 8.82. The van der Waals surface area contributed by atoms with E-state index in [2.05, 4.69) is 20.4 Å². The number of alkyl halides is 3. The van der Waals surface area contributed by atoms with Crippen molar-refractivity contribution in [1.29, 1.82) is 0 Å². The lowest BCUT2D eigenvalue weighted by Crippen LogP contribution is -2.08. The monoisotopic (exact) mass is 418 g/mol. The molecule has 0 spiro atoms. The SMILES string of the molecule is COc1cc(Nc2cc(C(F)(F)F)cn3cc(CO)nc23)ccc1-n1cnc(C)n1. The summed E-state index contributed by atoms with van der Waals surface area (Å²) in [5, 5.41) is 16.5. The maximum atomic E-state index is 13.3. The van der Waals surface area contributed by atoms with Crippen LogP contribution in [0.1, 0.15) is 17.1 Å². The molecule has 3 aromatic heterocycles. The van der Waals surface area contributed by atoms with E-state index in [1.54, 1.807) is 29.8 Å². The molecule has 0 aliphatic carbocycles. The Morgan fingerprint density at radius 2 is 2.00 bits per heavy atom. The van der Waals surface area contributed by atoms with Crippen molar-refractivity contribution < 1.29 is 23.0 Å². The van der Waals surface area contributed by atoms with Gasteiger partial charge in [0.2, 0.25) is 0 Å². The first-order chi connectivity index (χ1) is 14.3. The molecule has 3 heterocycles. The summed E-state index contributed by atoms with van der Waals surface area (Å²) in [6.07, 6.45) is -0.714. The fraction of sp³-hybridized carbons (Fsp3) is 0.211. The molecule has 0 saturated heterocycles. The zero-order valence-electron chi connectivity index (χ0n) is 16.0. The number of ether oxygens (including phenoxy) is 1. The third-order valence-electron chi connectivity index (χ3n) is 4.40. The van der Waals surface area contributed by atoms with Crippen LogP contribution >= 0.6 is 0 Å². The Hall–Kier alpha value is -3.60. The molecule has 0 amide bonds. The molecule has 4 aromatic rings. The molecule has 1 aromatic carbocycles. The second-order valence-electron chi connectivity index (χ2n) is 6.51. The third-order valence-corrected chi connectivity index (χ3v) is 4.40. The Morgan fingerprint density at radius 1 is 1.20 bits per heavy atom. The van der Waals surface area contributed by atoms with Crippen molar-refractivity contribution in [3.05, 3.63) is 60.1 Å². The van der Waals surface area contributed by atoms with Gasteiger partial charge in [-0.05, 0) is 25.1 Å². The van der Waals surface area contributed by atoms with Gasteiger partial charge in [0.15, 0.2) is 5.65 Å². The van der Waals surface area contributed by atoms with E-state index >= 15 is 0 Å². The second-order valence-corrected chi connectivity index (χ2v) is 6.51. The number of halogens is 3. The summed E-state index contributed by atoms with van der Waals surface area (Å²) in [4.78, 5) is 8.27. The third kappa shape index (κ3) is 3.66. The number of benzene rings is 1. The summed E-state index contributed by atoms with van der Waals surface area (Å²) < 4.78 is 48.2. The Morgan fingerprint density at radius 3 is 2.63 bits per heavy atom. The molecule has 2 N–H and O–H groups in total. The highest BCUT2D eigenvalue weighted by Gasteiger charge is 2.32. The highest BCUT2D eigenvalue weighted by molar-refractivity contribution is 5.76. The number of aryl methyl sites for hydroxylation is 1. The van der Waals surface area contributed by atoms with Gasteiger partial charge >= 0.3 is 6.18 Å². The number of nitrogens with one attached hydrogen (secondary N) is 1. The molecule has 4 rings (SSSR count). The van der Waals surface area contributed by atoms with Gasteiger partial charge in [0, 0.05) is 24.1 Å². The molecule has 0 unspecified atom stereocenters. The average Bonchev–Trinajstić information content (AvgIpc) is 3.33. The van der Waals surface area contributed by atoms with Crippen molar-refractivity contribution in [3.63, 3.8) is 0 Å². The van der Waals surface area contributed by atoms with Crippen molar-refractivity contribution in [2.45, 2.75) is 19.7 Å². The lowest BCUT2D eigenvalue weighted by molar-refractivity contribution is -0.137. The van der Waals surface area contributed by atoms with E-state index in [4.69, 9.17) is 4.74 Å². The number of hydrogen-bond donors (Lipinski definition) is 2. The normalized spacial score (nSPS) is 11.8. The van der Waals surface area contributed by atoms with Crippen molar-refractivity contribution in [3.8, 4) is 11.4 Å². The standard InChI is InChI=1S/C19H17F3N6O2/c1-11-23-10-28(26-11)16-4-3-13(6-17(16)30-2)24-15-5-12(19(20,21)22)7-27-8-14(9-29)25-18(15)27/h3-8,10,24,29H,9H2,1-2H3. The molecule has 0 saturated carbocycles. The zero-order chi connectivity index (χ0) is 21.5. The molecular weight excluding hydrogens is 401 g/mol. The van der Waals surface area contributed by atoms with Gasteiger partial charge < -0.3 is 19.6 Å². The van der Waals surface area contributed by atoms with Crippen molar-refractivity contribution in [2.24, 2.45) is 0 Å². The van der Waals surface area contributed by atoms with Crippen molar-refractivity contribution in [2.75, 3.05) is 12.4 Å². The van der Waals surface area contributed by atoms with Crippen LogP contribution < -0.4 is 10.1 Å². The Labute approximate surface area is 168 Å². The largest absolute Gasteiger partial charge is 0.494 e. The molecular formula is C19H17F3N6O2. The number of hydrogen-bond acceptors (Lipinski definition) is 6. The van der Waals surface area contributed by atoms with Gasteiger partial charge in [-0.25, -0.2) is 14.6 Å². The van der Waals surface area contributed by atoms with Crippen LogP contribution in [-0.4, -0.2) is 36.4 Å². The van der Waals surface area contributed by atoms with E-state index in [9.17, 15) is 18.3 Å². The number of pyridine rings is 1. The summed E-state index contributed by atoms with van der Waals surface area (Å²) >= 11 is 0. The molecule has 0 radical (unpaired) electrons. The van der Waals surface area contributed by atoms with Crippen LogP contribution in [0.2, 0.25) is 0 Å². The average molecular weight is 418 g/mol. The van der Waals surface area contributed by atoms with Gasteiger partial charge in [-0.3, -0.25) is 0 Å². The molecule has 30 heavy (non-hydrogen) atoms. The minimum absolute atomic E-state index is 0.135. The molecule has 0 bridgehead atoms. The number of rotatable bonds is 5. The number of anilines is 2. The fourth-order valence-corrected chi connectivity index (χ4v) is 3.03. The van der Waals surface area contributed by atoms with Gasteiger partial charge in [-0.1, -0.05) is 0 Å². The number of nitrogens with zero attached hydrogens (tertiary/aromatic N) is 5. The topological polar surface area (TPSA) is 89.5 Å². The zero-order valence-corrected chi connectivity index (χ0v) is 16.0. The van der Waals surface area contributed by atoms with Crippen molar-refractivity contribution >= 4 is 17.0 Å². The number of fused-ring (bicyclic) bond motifs is 1. The minimum atomic E-state index is -4.54. The molecule has 156 valence electrons. The molecule has 0 aliphatic heterocycles. The van der Waals surface area contributed by atoms with E-state index in [0.29, 0.717) is 22.9 Å². The van der Waals surface area contributed by atoms with Crippen LogP contribution in [0.25, 0.3) is 11.3 Å². The van der Waals surface area contributed by atoms with Gasteiger partial charge in [0.1, 0.15) is 23.6 Å². The highest BCUT2D eigenvalue weighted by atomic mass is 19.4. The van der Waals surface area contributed by atoms with Crippen LogP contribution in [0.3, 0.4) is 0 Å².